The van der Waals surface area contributed by atoms with Crippen LogP contribution in [0.2, 0.25) is 0 Å². The Bertz CT molecular complexity index is 5620. The fourth-order valence-electron chi connectivity index (χ4n) is 9.24. The van der Waals surface area contributed by atoms with Crippen LogP contribution in [-0.4, -0.2) is 103 Å². The second-order valence-electron chi connectivity index (χ2n) is 24.2. The first kappa shape index (κ1) is 115. The van der Waals surface area contributed by atoms with E-state index in [4.69, 9.17) is 20.4 Å². The number of carboxylic acids is 2. The number of benzene rings is 5. The van der Waals surface area contributed by atoms with Gasteiger partial charge in [0, 0.05) is 209 Å². The van der Waals surface area contributed by atoms with Crippen LogP contribution in [0.4, 0.5) is 74.6 Å². The zero-order chi connectivity index (χ0) is 92.5. The summed E-state index contributed by atoms with van der Waals surface area (Å²) in [4.78, 5) is 62.0. The Hall–Kier alpha value is -12.8. The molecule has 5 radical (unpaired) electrons. The minimum absolute atomic E-state index is 0. The van der Waals surface area contributed by atoms with E-state index in [1.54, 1.807) is 147 Å². The van der Waals surface area contributed by atoms with Gasteiger partial charge >= 0.3 is 30.5 Å². The van der Waals surface area contributed by atoms with Gasteiger partial charge in [-0.2, -0.15) is 39.5 Å². The molecule has 0 bridgehead atoms. The Labute approximate surface area is 807 Å². The van der Waals surface area contributed by atoms with E-state index in [0.717, 1.165) is 54.2 Å². The molecule has 11 aromatic heterocycles. The van der Waals surface area contributed by atoms with E-state index >= 15 is 0 Å². The molecule has 0 fully saturated rings. The van der Waals surface area contributed by atoms with Gasteiger partial charge in [-0.1, -0.05) is 131 Å². The van der Waals surface area contributed by atoms with E-state index in [2.05, 4.69) is 99.5 Å². The molecule has 5 aromatic carbocycles. The van der Waals surface area contributed by atoms with E-state index in [0.29, 0.717) is 34.7 Å². The van der Waals surface area contributed by atoms with Crippen LogP contribution in [0, 0.1) is 76.9 Å². The predicted octanol–water partition coefficient (Wildman–Crippen LogP) is 20.3. The van der Waals surface area contributed by atoms with Crippen molar-refractivity contribution in [2.45, 2.75) is 38.5 Å². The molecule has 0 spiro atoms. The largest absolute Gasteiger partial charge is 0.513 e. The molecular formula is C89H59F17Ir5N15O6-7. The summed E-state index contributed by atoms with van der Waals surface area (Å²) in [7, 11) is 0. The Kier molecular flexibility index (Phi) is 51.4. The van der Waals surface area contributed by atoms with Crippen molar-refractivity contribution in [1.82, 2.24) is 75.2 Å². The third-order valence-corrected chi connectivity index (χ3v) is 14.7. The van der Waals surface area contributed by atoms with Gasteiger partial charge in [0.05, 0.1) is 23.3 Å². The van der Waals surface area contributed by atoms with Gasteiger partial charge in [-0.25, -0.2) is 19.6 Å². The molecule has 697 valence electrons. The Morgan fingerprint density at radius 3 is 0.894 bits per heavy atom. The fraction of sp³-hybridized carbons (Fsp3) is 0.0674. The molecule has 0 saturated carbocycles. The summed E-state index contributed by atoms with van der Waals surface area (Å²) in [6.45, 7) is 3.10. The first-order valence-electron chi connectivity index (χ1n) is 35.7. The second-order valence-corrected chi connectivity index (χ2v) is 24.2. The Morgan fingerprint density at radius 2 is 0.674 bits per heavy atom. The summed E-state index contributed by atoms with van der Waals surface area (Å²) in [5.41, 5.74) is 0.498. The van der Waals surface area contributed by atoms with E-state index in [1.807, 2.05) is 24.3 Å². The third kappa shape index (κ3) is 40.7. The molecular weight excluding hydrogens is 2660 g/mol. The maximum absolute atomic E-state index is 13.2. The van der Waals surface area contributed by atoms with Crippen molar-refractivity contribution in [3.63, 3.8) is 0 Å². The number of pyridine rings is 9. The molecule has 0 saturated heterocycles. The molecule has 0 amide bonds. The number of carbonyl (C=O) groups is 2. The van der Waals surface area contributed by atoms with Gasteiger partial charge in [0.15, 0.2) is 0 Å². The van der Waals surface area contributed by atoms with Crippen molar-refractivity contribution in [3.8, 4) is 79.3 Å². The van der Waals surface area contributed by atoms with Crippen molar-refractivity contribution < 1.29 is 205 Å². The summed E-state index contributed by atoms with van der Waals surface area (Å²) in [6.07, 6.45) is 1.38. The Balaban J connectivity index is 0.000000499. The summed E-state index contributed by atoms with van der Waals surface area (Å²) >= 11 is 0. The summed E-state index contributed by atoms with van der Waals surface area (Å²) in [6, 6.07) is 64.8. The van der Waals surface area contributed by atoms with Gasteiger partial charge in [-0.05, 0) is 150 Å². The van der Waals surface area contributed by atoms with E-state index in [1.165, 1.54) is 80.5 Å². The van der Waals surface area contributed by atoms with E-state index in [9.17, 15) is 84.2 Å². The maximum atomic E-state index is 13.2. The molecule has 1 unspecified atom stereocenters. The fourth-order valence-corrected chi connectivity index (χ4v) is 9.24. The van der Waals surface area contributed by atoms with Gasteiger partial charge < -0.3 is 65.5 Å². The number of aliphatic hydroxyl groups is 2. The number of hydrogen-bond acceptors (Lipinski definition) is 17. The second kappa shape index (κ2) is 58.8. The van der Waals surface area contributed by atoms with Crippen LogP contribution in [0.5, 0.6) is 0 Å². The number of rotatable bonds is 10. The number of aromatic carboxylic acids is 2. The van der Waals surface area contributed by atoms with E-state index < -0.39 is 100 Å². The molecule has 16 rings (SSSR count). The van der Waals surface area contributed by atoms with Gasteiger partial charge in [0.2, 0.25) is 0 Å². The average molecular weight is 2720 g/mol. The minimum Gasteiger partial charge on any atom is -0.513 e. The van der Waals surface area contributed by atoms with Crippen LogP contribution >= 0.6 is 0 Å². The molecule has 132 heavy (non-hydrogen) atoms. The molecule has 1 atom stereocenters. The van der Waals surface area contributed by atoms with Crippen molar-refractivity contribution in [1.29, 1.82) is 0 Å². The molecule has 0 aliphatic rings. The number of aliphatic hydroxyl groups excluding tert-OH is 2. The zero-order valence-corrected chi connectivity index (χ0v) is 78.7. The minimum atomic E-state index is -4.91. The first-order chi connectivity index (χ1) is 60.5. The number of nitrogens with zero attached hydrogens (tertiary/aromatic N) is 15. The maximum Gasteiger partial charge on any atom is 0.429 e. The molecule has 16 aromatic rings. The van der Waals surface area contributed by atoms with Gasteiger partial charge in [-0.3, -0.25) is 55.3 Å². The summed E-state index contributed by atoms with van der Waals surface area (Å²) < 4.78 is 215. The monoisotopic (exact) mass is 2720 g/mol. The number of aromatic nitrogens is 15. The smallest absolute Gasteiger partial charge is 0.429 e. The van der Waals surface area contributed by atoms with Crippen LogP contribution in [-0.2, 0) is 119 Å². The molecule has 11 heterocycles. The Morgan fingerprint density at radius 1 is 0.371 bits per heavy atom. The summed E-state index contributed by atoms with van der Waals surface area (Å²) in [5, 5.41) is 47.2. The van der Waals surface area contributed by atoms with Gasteiger partial charge in [-0.15, -0.1) is 72.3 Å². The first-order valence-corrected chi connectivity index (χ1v) is 35.7. The van der Waals surface area contributed by atoms with Crippen molar-refractivity contribution in [2.75, 3.05) is 0 Å². The van der Waals surface area contributed by atoms with E-state index in [-0.39, 0.29) is 169 Å². The number of allylic oxidation sites excluding steroid dienone is 1. The predicted molar refractivity (Wildman–Crippen MR) is 425 cm³/mol. The number of hydrogen-bond donors (Lipinski definition) is 4. The normalized spacial score (nSPS) is 10.4. The molecule has 43 heteroatoms. The van der Waals surface area contributed by atoms with Crippen molar-refractivity contribution >= 4 is 11.9 Å². The van der Waals surface area contributed by atoms with Crippen molar-refractivity contribution in [3.05, 3.63) is 404 Å². The number of alkyl halides is 9. The standard InChI is InChI=1S/C13H6F6N.4C11H6F2N.C8H4F3N4.C7H5N4.2C6H5NO2.C5H10O2.5Ir/c14-12(15,16)9-5-8(11-3-1-2-4-20-11)6-10(7-9)13(17,18)19;4*12-8-4-5-9(10(13)7-8)11-3-1-2-6-14-11;9-8(10,11)7-13-6(14-15-7)5-3-1-2-4-12-5;1-2-4-8-6(3-1)7-9-5-10-11-7;2*8-6(9)5-3-1-2-4-7-5;1-4(6)3-5(2)7;;;;;/h1-5,7H;4*1-4,6-7H;1-4H;1-5H;2*1-4H,(H,8,9);3-4,6-7H,1-2H3;;;;;/q7*-1;;;;;;;;. The average Bonchev–Trinajstić information content (AvgIpc) is 0.947. The SMILES string of the molecule is CC(O)=CC(C)O.FC(F)(F)c1[c-]c(-c2ccccn2)cc(C(F)(F)F)c1.FC(F)(F)c1n[n-]c(-c2ccccn2)n1.Fc1c[c-]c(-c2ccccn2)c(F)c1.Fc1c[c-]c(-c2ccccn2)c(F)c1.Fc1c[c-]c(-c2ccccn2)c(F)c1.Fc1c[c-]c(-c2ccccn2)c(F)c1.O=C(O)c1ccccn1.O=C(O)c1ccccn1.[Ir].[Ir].[Ir].[Ir].[Ir].c1ccc(-c2ncn[n-]2)nc1. The molecule has 0 aliphatic carbocycles. The molecule has 21 nitrogen and oxygen atoms in total. The van der Waals surface area contributed by atoms with Crippen LogP contribution < -0.4 is 10.2 Å². The summed E-state index contributed by atoms with van der Waals surface area (Å²) in [5.74, 6) is -7.76. The molecule has 0 aliphatic heterocycles. The zero-order valence-electron chi connectivity index (χ0n) is 66.7. The number of carboxylic acid groups (broad SMARTS) is 2. The van der Waals surface area contributed by atoms with Gasteiger partial charge in [0.25, 0.3) is 0 Å². The van der Waals surface area contributed by atoms with Crippen LogP contribution in [0.25, 0.3) is 79.3 Å². The number of halogens is 17. The van der Waals surface area contributed by atoms with Crippen LogP contribution in [0.1, 0.15) is 51.8 Å². The molecule has 4 N–H and O–H groups in total. The quantitative estimate of drug-likeness (QED) is 0.0561. The van der Waals surface area contributed by atoms with Crippen LogP contribution in [0.15, 0.2) is 298 Å². The third-order valence-electron chi connectivity index (χ3n) is 14.7. The topological polar surface area (TPSA) is 311 Å². The van der Waals surface area contributed by atoms with Crippen LogP contribution in [0.3, 0.4) is 0 Å². The van der Waals surface area contributed by atoms with Gasteiger partial charge in [0.1, 0.15) is 17.2 Å². The van der Waals surface area contributed by atoms with Crippen molar-refractivity contribution in [2.24, 2.45) is 0 Å².